The molecule has 1 fully saturated rings. The molecule has 0 bridgehead atoms. The Morgan fingerprint density at radius 2 is 1.88 bits per heavy atom. The van der Waals surface area contributed by atoms with E-state index >= 15 is 0 Å². The summed E-state index contributed by atoms with van der Waals surface area (Å²) < 4.78 is 1.13. The number of rotatable bonds is 3. The molecule has 1 N–H and O–H groups in total. The maximum atomic E-state index is 12.6. The number of amides is 1. The molecule has 2 aromatic carbocycles. The second kappa shape index (κ2) is 7.98. The first-order valence-electron chi connectivity index (χ1n) is 7.93. The molecular formula is C19H16Br2N2O2S. The molecule has 134 valence electrons. The van der Waals surface area contributed by atoms with E-state index in [1.54, 1.807) is 30.2 Å². The number of phenolic OH excluding ortho intramolecular Hbond substituents is 1. The maximum absolute atomic E-state index is 12.6. The number of phenols is 1. The molecule has 26 heavy (non-hydrogen) atoms. The lowest BCUT2D eigenvalue weighted by Gasteiger charge is -2.08. The van der Waals surface area contributed by atoms with Crippen molar-refractivity contribution >= 4 is 66.5 Å². The highest BCUT2D eigenvalue weighted by molar-refractivity contribution is 9.11. The second-order valence-electron chi connectivity index (χ2n) is 5.68. The average Bonchev–Trinajstić information content (AvgIpc) is 2.88. The molecule has 1 aliphatic heterocycles. The van der Waals surface area contributed by atoms with Gasteiger partial charge in [0, 0.05) is 7.05 Å². The number of amidine groups is 1. The number of thioether (sulfide) groups is 1. The third-order valence-electron chi connectivity index (χ3n) is 3.93. The number of halogens is 2. The Kier molecular flexibility index (Phi) is 5.89. The largest absolute Gasteiger partial charge is 0.506 e. The van der Waals surface area contributed by atoms with Crippen LogP contribution in [0.15, 0.2) is 55.2 Å². The van der Waals surface area contributed by atoms with Gasteiger partial charge in [0.1, 0.15) is 5.75 Å². The van der Waals surface area contributed by atoms with Crippen molar-refractivity contribution in [2.75, 3.05) is 7.05 Å². The second-order valence-corrected chi connectivity index (χ2v) is 8.40. The smallest absolute Gasteiger partial charge is 0.266 e. The first kappa shape index (κ1) is 19.2. The number of benzene rings is 2. The van der Waals surface area contributed by atoms with Gasteiger partial charge in [-0.3, -0.25) is 9.69 Å². The Bertz CT molecular complexity index is 918. The van der Waals surface area contributed by atoms with Crippen LogP contribution in [0, 0.1) is 0 Å². The predicted molar refractivity (Wildman–Crippen MR) is 115 cm³/mol. The number of likely N-dealkylation sites (N-methyl/N-ethyl adjacent to an activating group) is 1. The molecule has 2 aromatic rings. The molecule has 0 atom stereocenters. The number of aliphatic imine (C=N–C) groups is 1. The van der Waals surface area contributed by atoms with Crippen molar-refractivity contribution < 1.29 is 9.90 Å². The van der Waals surface area contributed by atoms with E-state index in [1.807, 2.05) is 24.3 Å². The van der Waals surface area contributed by atoms with E-state index < -0.39 is 0 Å². The molecule has 0 unspecified atom stereocenters. The lowest BCUT2D eigenvalue weighted by Crippen LogP contribution is -2.23. The Morgan fingerprint density at radius 1 is 1.23 bits per heavy atom. The van der Waals surface area contributed by atoms with Crippen molar-refractivity contribution in [2.24, 2.45) is 4.99 Å². The van der Waals surface area contributed by atoms with Crippen LogP contribution in [0.25, 0.3) is 6.08 Å². The number of hydrogen-bond acceptors (Lipinski definition) is 4. The molecule has 0 spiro atoms. The summed E-state index contributed by atoms with van der Waals surface area (Å²) in [5.41, 5.74) is 2.83. The van der Waals surface area contributed by atoms with Gasteiger partial charge in [0.2, 0.25) is 0 Å². The SMILES string of the molecule is CCc1ccccc1N=C1S/C(=C/c2cc(Br)c(O)c(Br)c2)C(=O)N1C. The molecule has 0 radical (unpaired) electrons. The monoisotopic (exact) mass is 494 g/mol. The van der Waals surface area contributed by atoms with Crippen LogP contribution in [0.5, 0.6) is 5.75 Å². The molecule has 1 saturated heterocycles. The summed E-state index contributed by atoms with van der Waals surface area (Å²) >= 11 is 7.97. The van der Waals surface area contributed by atoms with E-state index in [0.29, 0.717) is 19.0 Å². The molecule has 4 nitrogen and oxygen atoms in total. The van der Waals surface area contributed by atoms with E-state index in [0.717, 1.165) is 23.2 Å². The van der Waals surface area contributed by atoms with Crippen molar-refractivity contribution in [3.63, 3.8) is 0 Å². The lowest BCUT2D eigenvalue weighted by molar-refractivity contribution is -0.121. The molecule has 0 aliphatic carbocycles. The summed E-state index contributed by atoms with van der Waals surface area (Å²) in [7, 11) is 1.73. The van der Waals surface area contributed by atoms with E-state index in [1.165, 1.54) is 11.8 Å². The van der Waals surface area contributed by atoms with Crippen LogP contribution in [-0.2, 0) is 11.2 Å². The van der Waals surface area contributed by atoms with Gasteiger partial charge < -0.3 is 5.11 Å². The highest BCUT2D eigenvalue weighted by Gasteiger charge is 2.30. The zero-order valence-corrected chi connectivity index (χ0v) is 18.2. The fourth-order valence-electron chi connectivity index (χ4n) is 2.49. The number of hydrogen-bond donors (Lipinski definition) is 1. The summed E-state index contributed by atoms with van der Waals surface area (Å²) in [6.07, 6.45) is 2.68. The van der Waals surface area contributed by atoms with Crippen molar-refractivity contribution in [2.45, 2.75) is 13.3 Å². The van der Waals surface area contributed by atoms with Crippen LogP contribution in [-0.4, -0.2) is 28.1 Å². The van der Waals surface area contributed by atoms with Gasteiger partial charge in [-0.2, -0.15) is 0 Å². The van der Waals surface area contributed by atoms with Gasteiger partial charge in [-0.25, -0.2) is 4.99 Å². The molecule has 0 aromatic heterocycles. The van der Waals surface area contributed by atoms with E-state index in [-0.39, 0.29) is 11.7 Å². The van der Waals surface area contributed by atoms with Crippen molar-refractivity contribution in [1.82, 2.24) is 4.90 Å². The molecule has 3 rings (SSSR count). The first-order chi connectivity index (χ1) is 12.4. The topological polar surface area (TPSA) is 52.9 Å². The first-order valence-corrected chi connectivity index (χ1v) is 10.3. The van der Waals surface area contributed by atoms with Gasteiger partial charge in [0.25, 0.3) is 5.91 Å². The van der Waals surface area contributed by atoms with Gasteiger partial charge in [-0.15, -0.1) is 0 Å². The van der Waals surface area contributed by atoms with Gasteiger partial charge in [-0.1, -0.05) is 25.1 Å². The molecule has 1 amide bonds. The van der Waals surface area contributed by atoms with Crippen LogP contribution < -0.4 is 0 Å². The summed E-state index contributed by atoms with van der Waals surface area (Å²) in [6, 6.07) is 11.5. The number of carbonyl (C=O) groups is 1. The molecule has 1 aliphatic rings. The fraction of sp³-hybridized carbons (Fsp3) is 0.158. The van der Waals surface area contributed by atoms with E-state index in [4.69, 9.17) is 0 Å². The molecular weight excluding hydrogens is 480 g/mol. The van der Waals surface area contributed by atoms with Crippen LogP contribution in [0.4, 0.5) is 5.69 Å². The number of aromatic hydroxyl groups is 1. The van der Waals surface area contributed by atoms with E-state index in [9.17, 15) is 9.90 Å². The Labute approximate surface area is 173 Å². The molecule has 1 heterocycles. The normalized spacial score (nSPS) is 17.5. The summed E-state index contributed by atoms with van der Waals surface area (Å²) in [5.74, 6) is 0.0381. The Morgan fingerprint density at radius 3 is 2.54 bits per heavy atom. The zero-order chi connectivity index (χ0) is 18.8. The van der Waals surface area contributed by atoms with Crippen molar-refractivity contribution in [3.8, 4) is 5.75 Å². The van der Waals surface area contributed by atoms with Gasteiger partial charge in [0.05, 0.1) is 19.5 Å². The quantitative estimate of drug-likeness (QED) is 0.554. The van der Waals surface area contributed by atoms with Crippen LogP contribution >= 0.6 is 43.6 Å². The summed E-state index contributed by atoms with van der Waals surface area (Å²) in [6.45, 7) is 2.08. The minimum Gasteiger partial charge on any atom is -0.506 e. The minimum atomic E-state index is -0.0944. The summed E-state index contributed by atoms with van der Waals surface area (Å²) in [4.78, 5) is 19.4. The maximum Gasteiger partial charge on any atom is 0.266 e. The number of aryl methyl sites for hydroxylation is 1. The van der Waals surface area contributed by atoms with Gasteiger partial charge in [0.15, 0.2) is 5.17 Å². The Hall–Kier alpha value is -1.57. The number of para-hydroxylation sites is 1. The lowest BCUT2D eigenvalue weighted by atomic mass is 10.1. The Balaban J connectivity index is 1.95. The highest BCUT2D eigenvalue weighted by Crippen LogP contribution is 2.37. The van der Waals surface area contributed by atoms with Gasteiger partial charge >= 0.3 is 0 Å². The van der Waals surface area contributed by atoms with E-state index in [2.05, 4.69) is 43.8 Å². The van der Waals surface area contributed by atoms with Crippen molar-refractivity contribution in [1.29, 1.82) is 0 Å². The summed E-state index contributed by atoms with van der Waals surface area (Å²) in [5, 5.41) is 10.5. The van der Waals surface area contributed by atoms with Crippen LogP contribution in [0.2, 0.25) is 0 Å². The minimum absolute atomic E-state index is 0.0944. The fourth-order valence-corrected chi connectivity index (χ4v) is 4.70. The third-order valence-corrected chi connectivity index (χ3v) is 6.20. The molecule has 7 heteroatoms. The number of nitrogens with zero attached hydrogens (tertiary/aromatic N) is 2. The highest BCUT2D eigenvalue weighted by atomic mass is 79.9. The standard InChI is InChI=1S/C19H16Br2N2O2S/c1-3-12-6-4-5-7-15(12)22-19-23(2)18(25)16(26-19)10-11-8-13(20)17(24)14(21)9-11/h4-10,24H,3H2,1-2H3/b16-10+,22-19?. The van der Waals surface area contributed by atoms with Gasteiger partial charge in [-0.05, 0) is 85.4 Å². The average molecular weight is 496 g/mol. The predicted octanol–water partition coefficient (Wildman–Crippen LogP) is 5.71. The number of carbonyl (C=O) groups excluding carboxylic acids is 1. The van der Waals surface area contributed by atoms with Crippen molar-refractivity contribution in [3.05, 3.63) is 61.4 Å². The third kappa shape index (κ3) is 3.89. The van der Waals surface area contributed by atoms with Crippen LogP contribution in [0.1, 0.15) is 18.1 Å². The van der Waals surface area contributed by atoms with Crippen LogP contribution in [0.3, 0.4) is 0 Å². The molecule has 0 saturated carbocycles. The zero-order valence-electron chi connectivity index (χ0n) is 14.2.